The van der Waals surface area contributed by atoms with Crippen molar-refractivity contribution in [3.05, 3.63) is 29.0 Å². The molecular weight excluding hydrogens is 257 g/mol. The molecule has 1 aromatic carbocycles. The number of hydrogen-bond acceptors (Lipinski definition) is 3. The molecule has 1 aromatic rings. The molecule has 1 saturated carbocycles. The third-order valence-corrected chi connectivity index (χ3v) is 3.29. The van der Waals surface area contributed by atoms with Crippen LogP contribution in [0, 0.1) is 5.82 Å². The van der Waals surface area contributed by atoms with Crippen molar-refractivity contribution in [3.63, 3.8) is 0 Å². The van der Waals surface area contributed by atoms with Gasteiger partial charge in [0.25, 0.3) is 0 Å². The number of halogens is 2. The predicted molar refractivity (Wildman–Crippen MR) is 68.4 cm³/mol. The average molecular weight is 274 g/mol. The smallest absolute Gasteiger partial charge is 0.141 e. The van der Waals surface area contributed by atoms with Crippen molar-refractivity contribution in [3.8, 4) is 5.75 Å². The summed E-state index contributed by atoms with van der Waals surface area (Å²) in [5, 5.41) is 0.395. The maximum Gasteiger partial charge on any atom is 0.141 e. The van der Waals surface area contributed by atoms with E-state index in [0.29, 0.717) is 23.8 Å². The van der Waals surface area contributed by atoms with E-state index in [-0.39, 0.29) is 24.1 Å². The van der Waals surface area contributed by atoms with E-state index in [0.717, 1.165) is 6.42 Å². The Hall–Kier alpha value is -0.840. The van der Waals surface area contributed by atoms with Crippen molar-refractivity contribution in [1.29, 1.82) is 0 Å². The number of nitrogens with two attached hydrogens (primary N) is 1. The van der Waals surface area contributed by atoms with Crippen LogP contribution in [0.15, 0.2) is 18.2 Å². The van der Waals surface area contributed by atoms with Gasteiger partial charge >= 0.3 is 0 Å². The predicted octanol–water partition coefficient (Wildman–Crippen LogP) is 2.75. The quantitative estimate of drug-likeness (QED) is 0.897. The van der Waals surface area contributed by atoms with E-state index in [1.165, 1.54) is 18.2 Å². The summed E-state index contributed by atoms with van der Waals surface area (Å²) in [6.45, 7) is 2.68. The first kappa shape index (κ1) is 13.6. The van der Waals surface area contributed by atoms with E-state index in [1.54, 1.807) is 0 Å². The minimum Gasteiger partial charge on any atom is -0.486 e. The van der Waals surface area contributed by atoms with Gasteiger partial charge < -0.3 is 15.2 Å². The van der Waals surface area contributed by atoms with E-state index in [4.69, 9.17) is 26.8 Å². The van der Waals surface area contributed by atoms with Crippen molar-refractivity contribution in [2.75, 3.05) is 6.61 Å². The summed E-state index contributed by atoms with van der Waals surface area (Å²) in [6, 6.07) is 4.04. The first-order chi connectivity index (χ1) is 8.61. The third kappa shape index (κ3) is 2.94. The lowest BCUT2D eigenvalue weighted by Gasteiger charge is -2.41. The van der Waals surface area contributed by atoms with Crippen LogP contribution in [0.3, 0.4) is 0 Å². The minimum absolute atomic E-state index is 0.0196. The lowest BCUT2D eigenvalue weighted by Crippen LogP contribution is -2.59. The maximum atomic E-state index is 13.1. The van der Waals surface area contributed by atoms with Crippen LogP contribution >= 0.6 is 11.6 Å². The molecule has 2 N–H and O–H groups in total. The Bertz CT molecular complexity index is 416. The van der Waals surface area contributed by atoms with E-state index in [9.17, 15) is 4.39 Å². The van der Waals surface area contributed by atoms with Gasteiger partial charge in [0.05, 0.1) is 5.02 Å². The van der Waals surface area contributed by atoms with E-state index in [2.05, 4.69) is 0 Å². The molecule has 0 amide bonds. The topological polar surface area (TPSA) is 44.5 Å². The number of ether oxygens (including phenoxy) is 2. The molecule has 0 heterocycles. The van der Waals surface area contributed by atoms with Crippen LogP contribution in [-0.4, -0.2) is 24.9 Å². The summed E-state index contributed by atoms with van der Waals surface area (Å²) in [5.74, 6) is -0.0253. The highest BCUT2D eigenvalue weighted by Crippen LogP contribution is 2.32. The molecule has 0 saturated heterocycles. The number of benzene rings is 1. The molecule has 0 aromatic heterocycles. The minimum atomic E-state index is -0.371. The fraction of sp³-hybridized carbons (Fsp3) is 0.538. The van der Waals surface area contributed by atoms with Gasteiger partial charge in [-0.3, -0.25) is 0 Å². The summed E-state index contributed by atoms with van der Waals surface area (Å²) in [7, 11) is 0. The second-order valence-electron chi connectivity index (χ2n) is 4.47. The van der Waals surface area contributed by atoms with Crippen LogP contribution < -0.4 is 10.5 Å². The zero-order valence-corrected chi connectivity index (χ0v) is 11.0. The van der Waals surface area contributed by atoms with Gasteiger partial charge in [0, 0.05) is 25.1 Å². The monoisotopic (exact) mass is 273 g/mol. The zero-order valence-electron chi connectivity index (χ0n) is 10.2. The van der Waals surface area contributed by atoms with Crippen LogP contribution in [0.25, 0.3) is 0 Å². The molecule has 1 aliphatic rings. The van der Waals surface area contributed by atoms with Gasteiger partial charge in [-0.2, -0.15) is 0 Å². The summed E-state index contributed by atoms with van der Waals surface area (Å²) in [6.07, 6.45) is 1.34. The molecular formula is C13H17ClFNO2. The molecule has 0 bridgehead atoms. The molecule has 0 spiro atoms. The summed E-state index contributed by atoms with van der Waals surface area (Å²) in [5.41, 5.74) is 5.86. The van der Waals surface area contributed by atoms with Crippen LogP contribution in [0.2, 0.25) is 5.02 Å². The van der Waals surface area contributed by atoms with Gasteiger partial charge in [-0.05, 0) is 18.6 Å². The SMILES string of the molecule is CCCOC1C(N)CC1Oc1cc(F)ccc1Cl. The third-order valence-electron chi connectivity index (χ3n) is 2.98. The second-order valence-corrected chi connectivity index (χ2v) is 4.87. The van der Waals surface area contributed by atoms with Crippen LogP contribution in [-0.2, 0) is 4.74 Å². The molecule has 1 aliphatic carbocycles. The van der Waals surface area contributed by atoms with E-state index in [1.807, 2.05) is 6.92 Å². The van der Waals surface area contributed by atoms with Crippen LogP contribution in [0.4, 0.5) is 4.39 Å². The van der Waals surface area contributed by atoms with Gasteiger partial charge in [0.15, 0.2) is 0 Å². The highest BCUT2D eigenvalue weighted by molar-refractivity contribution is 6.32. The Labute approximate surface area is 111 Å². The first-order valence-electron chi connectivity index (χ1n) is 6.10. The molecule has 1 fully saturated rings. The standard InChI is InChI=1S/C13H17ClFNO2/c1-2-5-17-13-10(16)7-12(13)18-11-6-8(15)3-4-9(11)14/h3-4,6,10,12-13H,2,5,7,16H2,1H3. The highest BCUT2D eigenvalue weighted by Gasteiger charge is 2.41. The van der Waals surface area contributed by atoms with Crippen molar-refractivity contribution in [1.82, 2.24) is 0 Å². The summed E-state index contributed by atoms with van der Waals surface area (Å²) < 4.78 is 24.4. The van der Waals surface area contributed by atoms with Crippen molar-refractivity contribution >= 4 is 11.6 Å². The molecule has 3 atom stereocenters. The highest BCUT2D eigenvalue weighted by atomic mass is 35.5. The first-order valence-corrected chi connectivity index (χ1v) is 6.48. The largest absolute Gasteiger partial charge is 0.486 e. The van der Waals surface area contributed by atoms with Gasteiger partial charge in [-0.1, -0.05) is 18.5 Å². The van der Waals surface area contributed by atoms with Gasteiger partial charge in [0.2, 0.25) is 0 Å². The lowest BCUT2D eigenvalue weighted by atomic mass is 9.86. The molecule has 3 unspecified atom stereocenters. The van der Waals surface area contributed by atoms with E-state index < -0.39 is 0 Å². The van der Waals surface area contributed by atoms with Crippen molar-refractivity contribution in [2.45, 2.75) is 38.0 Å². The van der Waals surface area contributed by atoms with Gasteiger partial charge in [0.1, 0.15) is 23.8 Å². The zero-order chi connectivity index (χ0) is 13.1. The average Bonchev–Trinajstić information content (AvgIpc) is 2.33. The second kappa shape index (κ2) is 5.87. The Balaban J connectivity index is 1.98. The Morgan fingerprint density at radius 3 is 2.94 bits per heavy atom. The molecule has 0 aliphatic heterocycles. The molecule has 100 valence electrons. The molecule has 3 nitrogen and oxygen atoms in total. The molecule has 2 rings (SSSR count). The van der Waals surface area contributed by atoms with Crippen LogP contribution in [0.1, 0.15) is 19.8 Å². The van der Waals surface area contributed by atoms with Crippen molar-refractivity contribution in [2.24, 2.45) is 5.73 Å². The normalized spacial score (nSPS) is 26.8. The number of rotatable bonds is 5. The summed E-state index contributed by atoms with van der Waals surface area (Å²) >= 11 is 5.95. The van der Waals surface area contributed by atoms with Gasteiger partial charge in [-0.15, -0.1) is 0 Å². The fourth-order valence-electron chi connectivity index (χ4n) is 1.95. The molecule has 0 radical (unpaired) electrons. The fourth-order valence-corrected chi connectivity index (χ4v) is 2.11. The van der Waals surface area contributed by atoms with Crippen LogP contribution in [0.5, 0.6) is 5.75 Å². The Kier molecular flexibility index (Phi) is 4.43. The van der Waals surface area contributed by atoms with Crippen molar-refractivity contribution < 1.29 is 13.9 Å². The van der Waals surface area contributed by atoms with Gasteiger partial charge in [-0.25, -0.2) is 4.39 Å². The maximum absolute atomic E-state index is 13.1. The lowest BCUT2D eigenvalue weighted by molar-refractivity contribution is -0.0980. The Morgan fingerprint density at radius 1 is 1.50 bits per heavy atom. The molecule has 18 heavy (non-hydrogen) atoms. The Morgan fingerprint density at radius 2 is 2.28 bits per heavy atom. The van der Waals surface area contributed by atoms with E-state index >= 15 is 0 Å². The summed E-state index contributed by atoms with van der Waals surface area (Å²) in [4.78, 5) is 0. The molecule has 5 heteroatoms. The number of hydrogen-bond donors (Lipinski definition) is 1.